The lowest BCUT2D eigenvalue weighted by molar-refractivity contribution is -0.117. The van der Waals surface area contributed by atoms with Crippen LogP contribution in [0.1, 0.15) is 12.8 Å². The molecular weight excluding hydrogens is 444 g/mol. The molecule has 9 nitrogen and oxygen atoms in total. The lowest BCUT2D eigenvalue weighted by Crippen LogP contribution is -2.32. The highest BCUT2D eigenvalue weighted by Gasteiger charge is 2.17. The number of nitrogens with zero attached hydrogens (tertiary/aromatic N) is 3. The Kier molecular flexibility index (Phi) is 5.81. The van der Waals surface area contributed by atoms with Gasteiger partial charge in [0.15, 0.2) is 21.9 Å². The third-order valence-corrected chi connectivity index (χ3v) is 4.68. The van der Waals surface area contributed by atoms with Crippen LogP contribution >= 0.6 is 15.9 Å². The van der Waals surface area contributed by atoms with Gasteiger partial charge in [-0.25, -0.2) is 0 Å². The Balaban J connectivity index is 1.35. The van der Waals surface area contributed by atoms with Crippen LogP contribution in [0.5, 0.6) is 11.5 Å². The summed E-state index contributed by atoms with van der Waals surface area (Å²) in [5, 5.41) is 10.9. The topological polar surface area (TPSA) is 103 Å². The Morgan fingerprint density at radius 3 is 2.72 bits per heavy atom. The maximum Gasteiger partial charge on any atom is 0.283 e. The van der Waals surface area contributed by atoms with Crippen molar-refractivity contribution in [2.45, 2.75) is 13.5 Å². The first-order valence-electron chi connectivity index (χ1n) is 9.10. The minimum absolute atomic E-state index is 0.154. The van der Waals surface area contributed by atoms with E-state index in [-0.39, 0.29) is 12.5 Å². The highest BCUT2D eigenvalue weighted by Crippen LogP contribution is 2.32. The lowest BCUT2D eigenvalue weighted by atomic mass is 10.2. The number of rotatable bonds is 7. The van der Waals surface area contributed by atoms with Crippen LogP contribution in [0.4, 0.5) is 5.69 Å². The third kappa shape index (κ3) is 4.77. The second-order valence-electron chi connectivity index (χ2n) is 6.31. The molecule has 0 spiro atoms. The SMILES string of the molecule is CCN(CC(=O)Nc1ccc2c(c1)OCCO2)Cc1nnc(-c2ccc(Br)o2)o1. The number of likely N-dealkylation sites (N-methyl/N-ethyl adjacent to an activating group) is 1. The number of furan rings is 1. The number of carbonyl (C=O) groups is 1. The highest BCUT2D eigenvalue weighted by molar-refractivity contribution is 9.10. The van der Waals surface area contributed by atoms with E-state index in [1.165, 1.54) is 0 Å². The predicted molar refractivity (Wildman–Crippen MR) is 107 cm³/mol. The normalized spacial score (nSPS) is 12.9. The molecule has 0 fully saturated rings. The van der Waals surface area contributed by atoms with Crippen molar-refractivity contribution in [2.75, 3.05) is 31.6 Å². The fourth-order valence-corrected chi connectivity index (χ4v) is 3.15. The quantitative estimate of drug-likeness (QED) is 0.570. The first-order chi connectivity index (χ1) is 14.1. The highest BCUT2D eigenvalue weighted by atomic mass is 79.9. The Labute approximate surface area is 175 Å². The molecule has 3 heterocycles. The summed E-state index contributed by atoms with van der Waals surface area (Å²) in [6.07, 6.45) is 0. The van der Waals surface area contributed by atoms with E-state index in [1.54, 1.807) is 30.3 Å². The van der Waals surface area contributed by atoms with E-state index in [0.717, 1.165) is 0 Å². The van der Waals surface area contributed by atoms with Crippen LogP contribution in [0, 0.1) is 0 Å². The zero-order chi connectivity index (χ0) is 20.2. The molecule has 29 heavy (non-hydrogen) atoms. The average Bonchev–Trinajstić information content (AvgIpc) is 3.36. The fraction of sp³-hybridized carbons (Fsp3) is 0.316. The van der Waals surface area contributed by atoms with Crippen molar-refractivity contribution in [3.8, 4) is 23.1 Å². The zero-order valence-electron chi connectivity index (χ0n) is 15.7. The van der Waals surface area contributed by atoms with Crippen molar-refractivity contribution in [3.05, 3.63) is 40.9 Å². The summed E-state index contributed by atoms with van der Waals surface area (Å²) in [6, 6.07) is 8.82. The van der Waals surface area contributed by atoms with E-state index in [4.69, 9.17) is 18.3 Å². The molecule has 1 aromatic carbocycles. The molecular formula is C19H19BrN4O5. The molecule has 0 saturated heterocycles. The summed E-state index contributed by atoms with van der Waals surface area (Å²) in [5.41, 5.74) is 0.652. The molecule has 1 N–H and O–H groups in total. The number of amides is 1. The number of halogens is 1. The van der Waals surface area contributed by atoms with Crippen LogP contribution < -0.4 is 14.8 Å². The van der Waals surface area contributed by atoms with E-state index in [1.807, 2.05) is 11.8 Å². The zero-order valence-corrected chi connectivity index (χ0v) is 17.3. The molecule has 0 atom stereocenters. The number of benzene rings is 1. The molecule has 10 heteroatoms. The summed E-state index contributed by atoms with van der Waals surface area (Å²) in [4.78, 5) is 14.3. The Bertz CT molecular complexity index is 1000. The Hall–Kier alpha value is -2.85. The van der Waals surface area contributed by atoms with Gasteiger partial charge in [0.2, 0.25) is 11.8 Å². The van der Waals surface area contributed by atoms with Gasteiger partial charge in [-0.05, 0) is 46.7 Å². The third-order valence-electron chi connectivity index (χ3n) is 4.25. The minimum atomic E-state index is -0.154. The maximum atomic E-state index is 12.5. The molecule has 3 aromatic rings. The van der Waals surface area contributed by atoms with E-state index in [2.05, 4.69) is 31.4 Å². The van der Waals surface area contributed by atoms with Crippen LogP contribution in [-0.2, 0) is 11.3 Å². The number of hydrogen-bond donors (Lipinski definition) is 1. The van der Waals surface area contributed by atoms with Crippen molar-refractivity contribution in [1.29, 1.82) is 0 Å². The van der Waals surface area contributed by atoms with Crippen LogP contribution in [0.25, 0.3) is 11.7 Å². The van der Waals surface area contributed by atoms with Crippen LogP contribution in [0.15, 0.2) is 43.8 Å². The summed E-state index contributed by atoms with van der Waals surface area (Å²) < 4.78 is 22.7. The summed E-state index contributed by atoms with van der Waals surface area (Å²) in [5.74, 6) is 2.34. The van der Waals surface area contributed by atoms with Crippen molar-refractivity contribution < 1.29 is 23.1 Å². The Morgan fingerprint density at radius 1 is 1.14 bits per heavy atom. The van der Waals surface area contributed by atoms with Crippen molar-refractivity contribution in [2.24, 2.45) is 0 Å². The molecule has 152 valence electrons. The number of hydrogen-bond acceptors (Lipinski definition) is 8. The molecule has 0 aliphatic carbocycles. The van der Waals surface area contributed by atoms with E-state index < -0.39 is 0 Å². The van der Waals surface area contributed by atoms with E-state index >= 15 is 0 Å². The van der Waals surface area contributed by atoms with Gasteiger partial charge >= 0.3 is 0 Å². The summed E-state index contributed by atoms with van der Waals surface area (Å²) in [7, 11) is 0. The summed E-state index contributed by atoms with van der Waals surface area (Å²) in [6.45, 7) is 4.14. The van der Waals surface area contributed by atoms with Gasteiger partial charge in [0, 0.05) is 11.8 Å². The van der Waals surface area contributed by atoms with Gasteiger partial charge in [-0.15, -0.1) is 10.2 Å². The smallest absolute Gasteiger partial charge is 0.283 e. The predicted octanol–water partition coefficient (Wildman–Crippen LogP) is 3.32. The van der Waals surface area contributed by atoms with Crippen molar-refractivity contribution in [3.63, 3.8) is 0 Å². The number of ether oxygens (including phenoxy) is 2. The largest absolute Gasteiger partial charge is 0.486 e. The van der Waals surface area contributed by atoms with Gasteiger partial charge in [-0.3, -0.25) is 9.69 Å². The molecule has 0 unspecified atom stereocenters. The van der Waals surface area contributed by atoms with Gasteiger partial charge in [-0.1, -0.05) is 6.92 Å². The molecule has 1 aliphatic heterocycles. The van der Waals surface area contributed by atoms with Gasteiger partial charge in [0.1, 0.15) is 13.2 Å². The Morgan fingerprint density at radius 2 is 1.97 bits per heavy atom. The van der Waals surface area contributed by atoms with Crippen LogP contribution in [0.3, 0.4) is 0 Å². The first kappa shape index (κ1) is 19.5. The molecule has 0 saturated carbocycles. The number of carbonyl (C=O) groups excluding carboxylic acids is 1. The van der Waals surface area contributed by atoms with Crippen molar-refractivity contribution in [1.82, 2.24) is 15.1 Å². The number of anilines is 1. The molecule has 1 amide bonds. The number of nitrogens with one attached hydrogen (secondary N) is 1. The van der Waals surface area contributed by atoms with E-state index in [9.17, 15) is 4.79 Å². The molecule has 0 bridgehead atoms. The molecule has 4 rings (SSSR count). The second-order valence-corrected chi connectivity index (χ2v) is 7.10. The van der Waals surface area contributed by atoms with Gasteiger partial charge in [0.25, 0.3) is 5.89 Å². The molecule has 1 aliphatic rings. The van der Waals surface area contributed by atoms with Crippen molar-refractivity contribution >= 4 is 27.5 Å². The minimum Gasteiger partial charge on any atom is -0.486 e. The second kappa shape index (κ2) is 8.66. The molecule has 2 aromatic heterocycles. The average molecular weight is 463 g/mol. The summed E-state index contributed by atoms with van der Waals surface area (Å²) >= 11 is 3.24. The van der Waals surface area contributed by atoms with E-state index in [0.29, 0.717) is 65.7 Å². The van der Waals surface area contributed by atoms with Gasteiger partial charge in [0.05, 0.1) is 13.1 Å². The first-order valence-corrected chi connectivity index (χ1v) is 9.90. The van der Waals surface area contributed by atoms with Gasteiger partial charge in [-0.2, -0.15) is 0 Å². The maximum absolute atomic E-state index is 12.5. The monoisotopic (exact) mass is 462 g/mol. The van der Waals surface area contributed by atoms with Crippen LogP contribution in [0.2, 0.25) is 0 Å². The van der Waals surface area contributed by atoms with Crippen LogP contribution in [-0.4, -0.2) is 47.3 Å². The fourth-order valence-electron chi connectivity index (χ4n) is 2.84. The number of aromatic nitrogens is 2. The standard InChI is InChI=1S/C19H19BrN4O5/c1-2-24(11-18-22-23-19(29-18)14-5-6-16(20)28-14)10-17(25)21-12-3-4-13-15(9-12)27-8-7-26-13/h3-6,9H,2,7-8,10-11H2,1H3,(H,21,25). The van der Waals surface area contributed by atoms with Gasteiger partial charge < -0.3 is 23.6 Å². The lowest BCUT2D eigenvalue weighted by Gasteiger charge is -2.20. The number of fused-ring (bicyclic) bond motifs is 1. The molecule has 0 radical (unpaired) electrons.